The van der Waals surface area contributed by atoms with E-state index in [1.54, 1.807) is 11.3 Å². The predicted octanol–water partition coefficient (Wildman–Crippen LogP) is 3.90. The molecule has 76 valence electrons. The molecule has 0 radical (unpaired) electrons. The lowest BCUT2D eigenvalue weighted by Crippen LogP contribution is -2.26. The summed E-state index contributed by atoms with van der Waals surface area (Å²) in [6, 6.07) is 1.96. The fourth-order valence-electron chi connectivity index (χ4n) is 2.49. The maximum Gasteiger partial charge on any atom is 0.169 e. The summed E-state index contributed by atoms with van der Waals surface area (Å²) in [6.07, 6.45) is 5.64. The highest BCUT2D eigenvalue weighted by Gasteiger charge is 2.39. The fourth-order valence-corrected chi connectivity index (χ4v) is 3.13. The fraction of sp³-hybridized carbons (Fsp3) is 0.583. The van der Waals surface area contributed by atoms with Crippen molar-refractivity contribution in [1.29, 1.82) is 0 Å². The van der Waals surface area contributed by atoms with Gasteiger partial charge < -0.3 is 0 Å². The summed E-state index contributed by atoms with van der Waals surface area (Å²) < 4.78 is 0. The van der Waals surface area contributed by atoms with Gasteiger partial charge in [-0.3, -0.25) is 4.79 Å². The van der Waals surface area contributed by atoms with E-state index >= 15 is 0 Å². The maximum atomic E-state index is 12.3. The third-order valence-corrected chi connectivity index (χ3v) is 4.19. The topological polar surface area (TPSA) is 17.1 Å². The van der Waals surface area contributed by atoms with Crippen molar-refractivity contribution in [3.8, 4) is 0 Å². The molecule has 1 aromatic heterocycles. The summed E-state index contributed by atoms with van der Waals surface area (Å²) in [6.45, 7) is 2.15. The highest BCUT2D eigenvalue weighted by atomic mass is 32.1. The van der Waals surface area contributed by atoms with Gasteiger partial charge in [0, 0.05) is 16.4 Å². The van der Waals surface area contributed by atoms with Crippen molar-refractivity contribution in [1.82, 2.24) is 0 Å². The summed E-state index contributed by atoms with van der Waals surface area (Å²) in [5, 5.41) is 3.98. The van der Waals surface area contributed by atoms with Crippen molar-refractivity contribution in [3.05, 3.63) is 22.4 Å². The Hall–Kier alpha value is -0.630. The minimum Gasteiger partial charge on any atom is -0.294 e. The predicted molar refractivity (Wildman–Crippen MR) is 59.8 cm³/mol. The first kappa shape index (κ1) is 9.91. The second-order valence-electron chi connectivity index (χ2n) is 4.18. The molecule has 1 aliphatic rings. The number of thiophene rings is 1. The van der Waals surface area contributed by atoms with Crippen LogP contribution in [0.2, 0.25) is 0 Å². The lowest BCUT2D eigenvalue weighted by atomic mass is 9.77. The van der Waals surface area contributed by atoms with Crippen molar-refractivity contribution >= 4 is 17.1 Å². The summed E-state index contributed by atoms with van der Waals surface area (Å²) in [5.41, 5.74) is 0.917. The monoisotopic (exact) mass is 208 g/mol. The van der Waals surface area contributed by atoms with E-state index in [0.29, 0.717) is 5.78 Å². The summed E-state index contributed by atoms with van der Waals surface area (Å²) >= 11 is 1.62. The quantitative estimate of drug-likeness (QED) is 0.688. The largest absolute Gasteiger partial charge is 0.294 e. The van der Waals surface area contributed by atoms with Crippen LogP contribution in [-0.4, -0.2) is 5.78 Å². The Morgan fingerprint density at radius 2 is 2.21 bits per heavy atom. The van der Waals surface area contributed by atoms with Crippen molar-refractivity contribution in [3.63, 3.8) is 0 Å². The maximum absolute atomic E-state index is 12.3. The van der Waals surface area contributed by atoms with Gasteiger partial charge in [-0.05, 0) is 30.7 Å². The van der Waals surface area contributed by atoms with Crippen LogP contribution in [0.15, 0.2) is 16.8 Å². The Kier molecular flexibility index (Phi) is 2.73. The van der Waals surface area contributed by atoms with Gasteiger partial charge in [-0.2, -0.15) is 11.3 Å². The van der Waals surface area contributed by atoms with E-state index in [1.165, 1.54) is 12.8 Å². The minimum absolute atomic E-state index is 0.0128. The molecule has 1 heterocycles. The molecule has 0 amide bonds. The van der Waals surface area contributed by atoms with E-state index in [4.69, 9.17) is 0 Å². The molecule has 0 atom stereocenters. The second kappa shape index (κ2) is 3.85. The highest BCUT2D eigenvalue weighted by Crippen LogP contribution is 2.43. The van der Waals surface area contributed by atoms with Gasteiger partial charge in [0.1, 0.15) is 0 Å². The van der Waals surface area contributed by atoms with Crippen LogP contribution in [-0.2, 0) is 0 Å². The van der Waals surface area contributed by atoms with Crippen LogP contribution in [0.25, 0.3) is 0 Å². The molecular weight excluding hydrogens is 192 g/mol. The third-order valence-electron chi connectivity index (χ3n) is 3.50. The minimum atomic E-state index is -0.0128. The molecule has 1 aromatic rings. The number of rotatable bonds is 3. The van der Waals surface area contributed by atoms with E-state index in [1.807, 2.05) is 16.8 Å². The molecule has 0 aliphatic heterocycles. The van der Waals surface area contributed by atoms with Gasteiger partial charge in [-0.15, -0.1) is 0 Å². The van der Waals surface area contributed by atoms with Crippen LogP contribution in [0.5, 0.6) is 0 Å². The van der Waals surface area contributed by atoms with Crippen LogP contribution in [0.1, 0.15) is 49.4 Å². The van der Waals surface area contributed by atoms with Gasteiger partial charge in [0.2, 0.25) is 0 Å². The zero-order valence-corrected chi connectivity index (χ0v) is 9.40. The molecule has 0 bridgehead atoms. The van der Waals surface area contributed by atoms with Gasteiger partial charge in [0.15, 0.2) is 5.78 Å². The standard InChI is InChI=1S/C12H16OS/c1-2-12(6-3-4-7-12)11(13)10-5-8-14-9-10/h5,8-9H,2-4,6-7H2,1H3. The molecule has 2 rings (SSSR count). The Balaban J connectivity index is 2.24. The summed E-state index contributed by atoms with van der Waals surface area (Å²) in [4.78, 5) is 12.3. The molecule has 1 saturated carbocycles. The van der Waals surface area contributed by atoms with Crippen LogP contribution in [0.3, 0.4) is 0 Å². The van der Waals surface area contributed by atoms with Gasteiger partial charge in [0.05, 0.1) is 0 Å². The van der Waals surface area contributed by atoms with E-state index in [2.05, 4.69) is 6.92 Å². The molecule has 1 aliphatic carbocycles. The normalized spacial score (nSPS) is 19.8. The average molecular weight is 208 g/mol. The number of hydrogen-bond donors (Lipinski definition) is 0. The number of carbonyl (C=O) groups excluding carboxylic acids is 1. The summed E-state index contributed by atoms with van der Waals surface area (Å²) in [5.74, 6) is 0.388. The van der Waals surface area contributed by atoms with Crippen molar-refractivity contribution < 1.29 is 4.79 Å². The first-order valence-corrected chi connectivity index (χ1v) is 6.30. The van der Waals surface area contributed by atoms with E-state index in [-0.39, 0.29) is 5.41 Å². The molecule has 14 heavy (non-hydrogen) atoms. The Labute approximate surface area is 89.1 Å². The first-order chi connectivity index (χ1) is 6.78. The molecular formula is C12H16OS. The smallest absolute Gasteiger partial charge is 0.169 e. The van der Waals surface area contributed by atoms with Gasteiger partial charge >= 0.3 is 0 Å². The number of hydrogen-bond acceptors (Lipinski definition) is 2. The molecule has 0 N–H and O–H groups in total. The van der Waals surface area contributed by atoms with E-state index in [0.717, 1.165) is 24.8 Å². The molecule has 0 saturated heterocycles. The van der Waals surface area contributed by atoms with Crippen molar-refractivity contribution in [2.24, 2.45) is 5.41 Å². The molecule has 2 heteroatoms. The first-order valence-electron chi connectivity index (χ1n) is 5.35. The Morgan fingerprint density at radius 3 is 2.71 bits per heavy atom. The van der Waals surface area contributed by atoms with Crippen LogP contribution in [0.4, 0.5) is 0 Å². The third kappa shape index (κ3) is 1.52. The molecule has 1 nitrogen and oxygen atoms in total. The second-order valence-corrected chi connectivity index (χ2v) is 4.96. The number of ketones is 1. The van der Waals surface area contributed by atoms with Crippen molar-refractivity contribution in [2.45, 2.75) is 39.0 Å². The zero-order chi connectivity index (χ0) is 10.0. The van der Waals surface area contributed by atoms with Gasteiger partial charge in [-0.1, -0.05) is 19.8 Å². The Bertz CT molecular complexity index is 307. The lowest BCUT2D eigenvalue weighted by molar-refractivity contribution is 0.0792. The SMILES string of the molecule is CCC1(C(=O)c2ccsc2)CCCC1. The van der Waals surface area contributed by atoms with E-state index in [9.17, 15) is 4.79 Å². The zero-order valence-electron chi connectivity index (χ0n) is 8.58. The van der Waals surface area contributed by atoms with Crippen LogP contribution >= 0.6 is 11.3 Å². The number of Topliss-reactive ketones (excluding diaryl/α,β-unsaturated/α-hetero) is 1. The van der Waals surface area contributed by atoms with Crippen LogP contribution < -0.4 is 0 Å². The van der Waals surface area contributed by atoms with Crippen LogP contribution in [0, 0.1) is 5.41 Å². The lowest BCUT2D eigenvalue weighted by Gasteiger charge is -2.24. The average Bonchev–Trinajstić information content (AvgIpc) is 2.89. The van der Waals surface area contributed by atoms with E-state index < -0.39 is 0 Å². The highest BCUT2D eigenvalue weighted by molar-refractivity contribution is 7.08. The number of carbonyl (C=O) groups is 1. The summed E-state index contributed by atoms with van der Waals surface area (Å²) in [7, 11) is 0. The molecule has 0 unspecified atom stereocenters. The molecule has 0 aromatic carbocycles. The van der Waals surface area contributed by atoms with Crippen molar-refractivity contribution in [2.75, 3.05) is 0 Å². The van der Waals surface area contributed by atoms with Gasteiger partial charge in [0.25, 0.3) is 0 Å². The molecule has 0 spiro atoms. The molecule has 1 fully saturated rings. The van der Waals surface area contributed by atoms with Gasteiger partial charge in [-0.25, -0.2) is 0 Å². The Morgan fingerprint density at radius 1 is 1.50 bits per heavy atom.